The van der Waals surface area contributed by atoms with Crippen molar-refractivity contribution in [3.63, 3.8) is 0 Å². The molecular formula is C17H25NO2. The second-order valence-corrected chi connectivity index (χ2v) is 7.36. The number of nitrogens with zero attached hydrogens (tertiary/aromatic N) is 1. The van der Waals surface area contributed by atoms with E-state index in [2.05, 4.69) is 47.6 Å². The van der Waals surface area contributed by atoms with Gasteiger partial charge in [-0.15, -0.1) is 0 Å². The molecule has 1 aromatic carbocycles. The van der Waals surface area contributed by atoms with Crippen molar-refractivity contribution in [3.05, 3.63) is 34.9 Å². The lowest BCUT2D eigenvalue weighted by Crippen LogP contribution is -2.21. The molecule has 2 atom stereocenters. The number of hydrogen-bond donors (Lipinski definition) is 2. The fourth-order valence-corrected chi connectivity index (χ4v) is 1.94. The predicted molar refractivity (Wildman–Crippen MR) is 80.4 cm³/mol. The SMILES string of the molecule is CC(C)(C)c1cc(C(O)C(O)C#N)cc(C(C)(C)C)c1. The molecule has 0 amide bonds. The van der Waals surface area contributed by atoms with Gasteiger partial charge < -0.3 is 10.2 Å². The van der Waals surface area contributed by atoms with Crippen LogP contribution in [0.25, 0.3) is 0 Å². The summed E-state index contributed by atoms with van der Waals surface area (Å²) in [5.41, 5.74) is 2.64. The molecule has 3 heteroatoms. The van der Waals surface area contributed by atoms with E-state index in [0.717, 1.165) is 11.1 Å². The lowest BCUT2D eigenvalue weighted by Gasteiger charge is -2.27. The van der Waals surface area contributed by atoms with Crippen LogP contribution in [0.2, 0.25) is 0 Å². The van der Waals surface area contributed by atoms with Crippen molar-refractivity contribution in [2.24, 2.45) is 0 Å². The highest BCUT2D eigenvalue weighted by atomic mass is 16.3. The van der Waals surface area contributed by atoms with Gasteiger partial charge in [0.05, 0.1) is 6.07 Å². The summed E-state index contributed by atoms with van der Waals surface area (Å²) in [5, 5.41) is 28.4. The monoisotopic (exact) mass is 275 g/mol. The fourth-order valence-electron chi connectivity index (χ4n) is 1.94. The highest BCUT2D eigenvalue weighted by Gasteiger charge is 2.24. The van der Waals surface area contributed by atoms with Crippen molar-refractivity contribution in [1.29, 1.82) is 5.26 Å². The summed E-state index contributed by atoms with van der Waals surface area (Å²) < 4.78 is 0. The summed E-state index contributed by atoms with van der Waals surface area (Å²) in [5.74, 6) is 0. The largest absolute Gasteiger partial charge is 0.385 e. The quantitative estimate of drug-likeness (QED) is 0.815. The maximum absolute atomic E-state index is 10.1. The molecule has 0 spiro atoms. The zero-order valence-corrected chi connectivity index (χ0v) is 13.2. The van der Waals surface area contributed by atoms with Crippen LogP contribution in [-0.2, 0) is 10.8 Å². The highest BCUT2D eigenvalue weighted by molar-refractivity contribution is 5.38. The van der Waals surface area contributed by atoms with Crippen LogP contribution in [0.1, 0.15) is 64.3 Å². The van der Waals surface area contributed by atoms with Crippen molar-refractivity contribution in [2.45, 2.75) is 64.6 Å². The van der Waals surface area contributed by atoms with Crippen molar-refractivity contribution >= 4 is 0 Å². The molecule has 1 aromatic rings. The molecule has 0 radical (unpaired) electrons. The molecule has 3 nitrogen and oxygen atoms in total. The number of aliphatic hydroxyl groups is 2. The average molecular weight is 275 g/mol. The van der Waals surface area contributed by atoms with Crippen LogP contribution in [0, 0.1) is 11.3 Å². The Hall–Kier alpha value is -1.37. The number of rotatable bonds is 2. The molecule has 0 aliphatic carbocycles. The average Bonchev–Trinajstić information content (AvgIpc) is 2.34. The van der Waals surface area contributed by atoms with Gasteiger partial charge in [-0.1, -0.05) is 59.7 Å². The summed E-state index contributed by atoms with van der Waals surface area (Å²) >= 11 is 0. The molecule has 0 heterocycles. The van der Waals surface area contributed by atoms with Gasteiger partial charge in [0.2, 0.25) is 0 Å². The summed E-state index contributed by atoms with van der Waals surface area (Å²) in [6.45, 7) is 12.6. The zero-order chi connectivity index (χ0) is 15.7. The minimum Gasteiger partial charge on any atom is -0.385 e. The molecule has 1 rings (SSSR count). The van der Waals surface area contributed by atoms with Gasteiger partial charge in [0, 0.05) is 0 Å². The first-order valence-corrected chi connectivity index (χ1v) is 6.88. The number of benzene rings is 1. The van der Waals surface area contributed by atoms with Crippen LogP contribution < -0.4 is 0 Å². The molecular weight excluding hydrogens is 250 g/mol. The Labute approximate surface area is 121 Å². The smallest absolute Gasteiger partial charge is 0.170 e. The first-order chi connectivity index (χ1) is 8.96. The summed E-state index contributed by atoms with van der Waals surface area (Å²) in [7, 11) is 0. The Morgan fingerprint density at radius 1 is 0.900 bits per heavy atom. The molecule has 0 saturated carbocycles. The standard InChI is InChI=1S/C17H25NO2/c1-16(2,3)12-7-11(15(20)14(19)10-18)8-13(9-12)17(4,5)6/h7-9,14-15,19-20H,1-6H3. The lowest BCUT2D eigenvalue weighted by atomic mass is 9.79. The number of aliphatic hydroxyl groups excluding tert-OH is 2. The minimum absolute atomic E-state index is 0.0622. The lowest BCUT2D eigenvalue weighted by molar-refractivity contribution is 0.0526. The Morgan fingerprint density at radius 2 is 1.30 bits per heavy atom. The van der Waals surface area contributed by atoms with Gasteiger partial charge >= 0.3 is 0 Å². The van der Waals surface area contributed by atoms with E-state index in [1.807, 2.05) is 12.1 Å². The zero-order valence-electron chi connectivity index (χ0n) is 13.2. The van der Waals surface area contributed by atoms with Gasteiger partial charge in [-0.2, -0.15) is 5.26 Å². The van der Waals surface area contributed by atoms with Crippen molar-refractivity contribution in [2.75, 3.05) is 0 Å². The molecule has 2 unspecified atom stereocenters. The van der Waals surface area contributed by atoms with E-state index in [-0.39, 0.29) is 10.8 Å². The Bertz CT molecular complexity index is 483. The third-order valence-corrected chi connectivity index (χ3v) is 3.46. The van der Waals surface area contributed by atoms with Crippen LogP contribution in [0.4, 0.5) is 0 Å². The van der Waals surface area contributed by atoms with Crippen molar-refractivity contribution < 1.29 is 10.2 Å². The van der Waals surface area contributed by atoms with Crippen LogP contribution in [0.5, 0.6) is 0 Å². The van der Waals surface area contributed by atoms with Crippen molar-refractivity contribution in [3.8, 4) is 6.07 Å². The van der Waals surface area contributed by atoms with E-state index < -0.39 is 12.2 Å². The second-order valence-electron chi connectivity index (χ2n) is 7.36. The van der Waals surface area contributed by atoms with E-state index in [1.165, 1.54) is 0 Å². The van der Waals surface area contributed by atoms with E-state index in [9.17, 15) is 10.2 Å². The first kappa shape index (κ1) is 16.7. The minimum atomic E-state index is -1.40. The molecule has 0 aromatic heterocycles. The number of nitriles is 1. The predicted octanol–water partition coefficient (Wildman–Crippen LogP) is 3.20. The summed E-state index contributed by atoms with van der Waals surface area (Å²) in [4.78, 5) is 0. The van der Waals surface area contributed by atoms with Crippen LogP contribution >= 0.6 is 0 Å². The molecule has 0 fully saturated rings. The summed E-state index contributed by atoms with van der Waals surface area (Å²) in [6, 6.07) is 7.57. The second kappa shape index (κ2) is 5.55. The van der Waals surface area contributed by atoms with Crippen molar-refractivity contribution in [1.82, 2.24) is 0 Å². The molecule has 0 aliphatic heterocycles. The third-order valence-electron chi connectivity index (χ3n) is 3.46. The van der Waals surface area contributed by atoms with E-state index >= 15 is 0 Å². The van der Waals surface area contributed by atoms with Gasteiger partial charge in [-0.25, -0.2) is 0 Å². The van der Waals surface area contributed by atoms with Gasteiger partial charge in [-0.05, 0) is 27.5 Å². The number of hydrogen-bond acceptors (Lipinski definition) is 3. The molecule has 110 valence electrons. The fraction of sp³-hybridized carbons (Fsp3) is 0.588. The summed E-state index contributed by atoms with van der Waals surface area (Å²) in [6.07, 6.45) is -2.58. The van der Waals surface area contributed by atoms with E-state index in [1.54, 1.807) is 6.07 Å². The first-order valence-electron chi connectivity index (χ1n) is 6.88. The maximum atomic E-state index is 10.1. The Balaban J connectivity index is 3.43. The normalized spacial score (nSPS) is 15.6. The Kier molecular flexibility index (Phi) is 4.63. The molecule has 0 aliphatic rings. The van der Waals surface area contributed by atoms with Gasteiger partial charge in [-0.3, -0.25) is 0 Å². The maximum Gasteiger partial charge on any atom is 0.170 e. The molecule has 0 bridgehead atoms. The molecule has 20 heavy (non-hydrogen) atoms. The highest BCUT2D eigenvalue weighted by Crippen LogP contribution is 2.32. The van der Waals surface area contributed by atoms with Gasteiger partial charge in [0.1, 0.15) is 6.10 Å². The topological polar surface area (TPSA) is 64.2 Å². The van der Waals surface area contributed by atoms with Gasteiger partial charge in [0.25, 0.3) is 0 Å². The van der Waals surface area contributed by atoms with Crippen LogP contribution in [0.3, 0.4) is 0 Å². The molecule has 0 saturated heterocycles. The third kappa shape index (κ3) is 3.82. The van der Waals surface area contributed by atoms with Crippen LogP contribution in [0.15, 0.2) is 18.2 Å². The Morgan fingerprint density at radius 3 is 1.60 bits per heavy atom. The van der Waals surface area contributed by atoms with E-state index in [4.69, 9.17) is 5.26 Å². The van der Waals surface area contributed by atoms with Gasteiger partial charge in [0.15, 0.2) is 6.10 Å². The van der Waals surface area contributed by atoms with E-state index in [0.29, 0.717) is 5.56 Å². The van der Waals surface area contributed by atoms with Crippen LogP contribution in [-0.4, -0.2) is 16.3 Å². The molecule has 2 N–H and O–H groups in total.